The van der Waals surface area contributed by atoms with Gasteiger partial charge in [-0.15, -0.1) is 11.3 Å². The van der Waals surface area contributed by atoms with E-state index >= 15 is 0 Å². The molecule has 4 aromatic rings. The number of alkyl halides is 3. The van der Waals surface area contributed by atoms with Crippen molar-refractivity contribution in [1.82, 2.24) is 10.1 Å². The lowest BCUT2D eigenvalue weighted by Gasteiger charge is -2.12. The van der Waals surface area contributed by atoms with Gasteiger partial charge in [0.05, 0.1) is 16.9 Å². The van der Waals surface area contributed by atoms with Crippen molar-refractivity contribution < 1.29 is 22.5 Å². The summed E-state index contributed by atoms with van der Waals surface area (Å²) in [7, 11) is 0. The van der Waals surface area contributed by atoms with Crippen molar-refractivity contribution >= 4 is 28.7 Å². The third kappa shape index (κ3) is 5.10. The van der Waals surface area contributed by atoms with Gasteiger partial charge in [0.1, 0.15) is 0 Å². The van der Waals surface area contributed by atoms with Crippen LogP contribution in [-0.4, -0.2) is 16.2 Å². The molecule has 31 heavy (non-hydrogen) atoms. The predicted molar refractivity (Wildman–Crippen MR) is 111 cm³/mol. The monoisotopic (exact) mass is 444 g/mol. The quantitative estimate of drug-likeness (QED) is 0.393. The van der Waals surface area contributed by atoms with Crippen LogP contribution in [-0.2, 0) is 12.6 Å². The van der Waals surface area contributed by atoms with Crippen LogP contribution in [0.25, 0.3) is 10.7 Å². The van der Waals surface area contributed by atoms with E-state index in [0.29, 0.717) is 23.0 Å². The fourth-order valence-corrected chi connectivity index (χ4v) is 3.50. The molecular formula is C21H15F3N4O2S. The Labute approximate surface area is 178 Å². The molecule has 2 N–H and O–H groups in total. The number of carbonyl (C=O) groups excluding carboxylic acids is 1. The molecule has 158 valence electrons. The molecule has 0 saturated carbocycles. The number of halogens is 3. The first-order valence-corrected chi connectivity index (χ1v) is 9.96. The van der Waals surface area contributed by atoms with Gasteiger partial charge in [0.25, 0.3) is 0 Å². The normalized spacial score (nSPS) is 11.3. The van der Waals surface area contributed by atoms with Crippen molar-refractivity contribution in [2.24, 2.45) is 0 Å². The number of aromatic nitrogens is 2. The Bertz CT molecular complexity index is 1190. The van der Waals surface area contributed by atoms with E-state index in [0.717, 1.165) is 17.0 Å². The van der Waals surface area contributed by atoms with E-state index in [1.54, 1.807) is 24.3 Å². The Morgan fingerprint density at radius 3 is 2.65 bits per heavy atom. The van der Waals surface area contributed by atoms with Gasteiger partial charge in [0, 0.05) is 11.4 Å². The van der Waals surface area contributed by atoms with Crippen molar-refractivity contribution in [2.75, 3.05) is 10.6 Å². The second-order valence-electron chi connectivity index (χ2n) is 6.48. The minimum Gasteiger partial charge on any atom is -0.339 e. The topological polar surface area (TPSA) is 80.0 Å². The maximum atomic E-state index is 12.9. The fraction of sp³-hybridized carbons (Fsp3) is 0.0952. The summed E-state index contributed by atoms with van der Waals surface area (Å²) in [5.41, 5.74) is 0.372. The van der Waals surface area contributed by atoms with Crippen LogP contribution in [0.15, 0.2) is 70.6 Å². The van der Waals surface area contributed by atoms with Crippen LogP contribution in [0.1, 0.15) is 17.0 Å². The number of para-hydroxylation sites is 1. The van der Waals surface area contributed by atoms with Crippen molar-refractivity contribution in [2.45, 2.75) is 12.6 Å². The van der Waals surface area contributed by atoms with Crippen LogP contribution < -0.4 is 10.6 Å². The van der Waals surface area contributed by atoms with Gasteiger partial charge < -0.3 is 15.2 Å². The zero-order valence-corrected chi connectivity index (χ0v) is 16.6. The van der Waals surface area contributed by atoms with Gasteiger partial charge in [-0.1, -0.05) is 35.5 Å². The molecule has 0 aliphatic rings. The highest BCUT2D eigenvalue weighted by molar-refractivity contribution is 7.13. The van der Waals surface area contributed by atoms with Crippen molar-refractivity contribution in [1.29, 1.82) is 0 Å². The van der Waals surface area contributed by atoms with Gasteiger partial charge >= 0.3 is 12.2 Å². The summed E-state index contributed by atoms with van der Waals surface area (Å²) in [6, 6.07) is 14.5. The molecular weight excluding hydrogens is 429 g/mol. The number of anilines is 2. The summed E-state index contributed by atoms with van der Waals surface area (Å²) in [6.45, 7) is 0. The largest absolute Gasteiger partial charge is 0.416 e. The molecule has 2 amide bonds. The molecule has 0 saturated heterocycles. The summed E-state index contributed by atoms with van der Waals surface area (Å²) >= 11 is 1.49. The van der Waals surface area contributed by atoms with Gasteiger partial charge in [-0.3, -0.25) is 0 Å². The highest BCUT2D eigenvalue weighted by Gasteiger charge is 2.30. The lowest BCUT2D eigenvalue weighted by molar-refractivity contribution is -0.137. The molecule has 2 aromatic carbocycles. The van der Waals surface area contributed by atoms with Crippen molar-refractivity contribution in [3.05, 3.63) is 83.1 Å². The predicted octanol–water partition coefficient (Wildman–Crippen LogP) is 6.05. The molecule has 6 nitrogen and oxygen atoms in total. The standard InChI is InChI=1S/C21H15F3N4O2S/c22-21(23,24)14-6-3-7-15(12-14)25-20(29)26-16-8-2-1-5-13(16)11-18-27-19(28-30-18)17-9-4-10-31-17/h1-10,12H,11H2,(H2,25,26,29). The summed E-state index contributed by atoms with van der Waals surface area (Å²) in [5, 5.41) is 10.9. The molecule has 0 unspecified atom stereocenters. The minimum absolute atomic E-state index is 0.0299. The van der Waals surface area contributed by atoms with Crippen molar-refractivity contribution in [3.63, 3.8) is 0 Å². The number of hydrogen-bond acceptors (Lipinski definition) is 5. The van der Waals surface area contributed by atoms with E-state index in [9.17, 15) is 18.0 Å². The molecule has 10 heteroatoms. The molecule has 0 atom stereocenters. The Morgan fingerprint density at radius 1 is 1.03 bits per heavy atom. The van der Waals surface area contributed by atoms with E-state index in [2.05, 4.69) is 20.8 Å². The second kappa shape index (κ2) is 8.60. The number of thiophene rings is 1. The number of carbonyl (C=O) groups is 1. The maximum Gasteiger partial charge on any atom is 0.416 e. The van der Waals surface area contributed by atoms with E-state index < -0.39 is 17.8 Å². The van der Waals surface area contributed by atoms with Gasteiger partial charge in [-0.05, 0) is 41.3 Å². The molecule has 0 radical (unpaired) electrons. The number of amides is 2. The number of urea groups is 1. The Balaban J connectivity index is 1.46. The first-order chi connectivity index (χ1) is 14.9. The van der Waals surface area contributed by atoms with E-state index in [1.165, 1.54) is 23.5 Å². The molecule has 0 bridgehead atoms. The van der Waals surface area contributed by atoms with Crippen LogP contribution >= 0.6 is 11.3 Å². The van der Waals surface area contributed by atoms with Crippen LogP contribution in [0.3, 0.4) is 0 Å². The zero-order chi connectivity index (χ0) is 21.8. The fourth-order valence-electron chi connectivity index (χ4n) is 2.85. The second-order valence-corrected chi connectivity index (χ2v) is 7.43. The molecule has 0 aliphatic carbocycles. The number of rotatable bonds is 5. The summed E-state index contributed by atoms with van der Waals surface area (Å²) in [5.74, 6) is 0.855. The molecule has 0 aliphatic heterocycles. The lowest BCUT2D eigenvalue weighted by Crippen LogP contribution is -2.20. The average Bonchev–Trinajstić information content (AvgIpc) is 3.41. The first-order valence-electron chi connectivity index (χ1n) is 9.08. The highest BCUT2D eigenvalue weighted by atomic mass is 32.1. The summed E-state index contributed by atoms with van der Waals surface area (Å²) in [6.07, 6.45) is -4.22. The third-order valence-corrected chi connectivity index (χ3v) is 5.13. The van der Waals surface area contributed by atoms with Gasteiger partial charge in [-0.25, -0.2) is 4.79 Å². The van der Waals surface area contributed by atoms with Crippen LogP contribution in [0.4, 0.5) is 29.3 Å². The molecule has 0 spiro atoms. The lowest BCUT2D eigenvalue weighted by atomic mass is 10.1. The maximum absolute atomic E-state index is 12.9. The SMILES string of the molecule is O=C(Nc1cccc(C(F)(F)F)c1)Nc1ccccc1Cc1nc(-c2cccs2)no1. The number of nitrogens with zero attached hydrogens (tertiary/aromatic N) is 2. The van der Waals surface area contributed by atoms with Gasteiger partial charge in [0.15, 0.2) is 0 Å². The number of nitrogens with one attached hydrogen (secondary N) is 2. The smallest absolute Gasteiger partial charge is 0.339 e. The van der Waals surface area contributed by atoms with E-state index in [4.69, 9.17) is 4.52 Å². The van der Waals surface area contributed by atoms with Crippen LogP contribution in [0, 0.1) is 0 Å². The van der Waals surface area contributed by atoms with E-state index in [1.807, 2.05) is 17.5 Å². The van der Waals surface area contributed by atoms with Crippen LogP contribution in [0.2, 0.25) is 0 Å². The number of benzene rings is 2. The van der Waals surface area contributed by atoms with E-state index in [-0.39, 0.29) is 12.1 Å². The highest BCUT2D eigenvalue weighted by Crippen LogP contribution is 2.30. The number of hydrogen-bond donors (Lipinski definition) is 2. The Kier molecular flexibility index (Phi) is 5.72. The van der Waals surface area contributed by atoms with Gasteiger partial charge in [0.2, 0.25) is 11.7 Å². The Morgan fingerprint density at radius 2 is 1.87 bits per heavy atom. The first kappa shape index (κ1) is 20.6. The Hall–Kier alpha value is -3.66. The summed E-state index contributed by atoms with van der Waals surface area (Å²) < 4.78 is 43.9. The zero-order valence-electron chi connectivity index (χ0n) is 15.8. The molecule has 4 rings (SSSR count). The molecule has 0 fully saturated rings. The average molecular weight is 444 g/mol. The molecule has 2 heterocycles. The van der Waals surface area contributed by atoms with Crippen LogP contribution in [0.5, 0.6) is 0 Å². The summed E-state index contributed by atoms with van der Waals surface area (Å²) in [4.78, 5) is 17.6. The third-order valence-electron chi connectivity index (χ3n) is 4.26. The molecule has 2 aromatic heterocycles. The minimum atomic E-state index is -4.49. The van der Waals surface area contributed by atoms with Gasteiger partial charge in [-0.2, -0.15) is 18.2 Å². The van der Waals surface area contributed by atoms with Crippen molar-refractivity contribution in [3.8, 4) is 10.7 Å².